The molecule has 0 amide bonds. The first kappa shape index (κ1) is 75.6. The smallest absolute Gasteiger partial charge is 0.306 e. The van der Waals surface area contributed by atoms with Crippen LogP contribution in [0.1, 0.15) is 342 Å². The van der Waals surface area contributed by atoms with Crippen LogP contribution in [0.25, 0.3) is 0 Å². The first-order chi connectivity index (χ1) is 39.0. The Labute approximate surface area is 490 Å². The number of hydrogen-bond donors (Lipinski definition) is 0. The maximum absolute atomic E-state index is 12.8. The molecule has 1 unspecified atom stereocenters. The summed E-state index contributed by atoms with van der Waals surface area (Å²) >= 11 is 0. The molecule has 0 aromatic rings. The molecule has 6 nitrogen and oxygen atoms in total. The van der Waals surface area contributed by atoms with E-state index in [-0.39, 0.29) is 31.1 Å². The van der Waals surface area contributed by atoms with Crippen molar-refractivity contribution in [2.45, 2.75) is 348 Å². The van der Waals surface area contributed by atoms with E-state index in [1.54, 1.807) is 0 Å². The normalized spacial score (nSPS) is 12.6. The van der Waals surface area contributed by atoms with E-state index in [1.807, 2.05) is 0 Å². The third-order valence-corrected chi connectivity index (χ3v) is 14.9. The number of carbonyl (C=O) groups excluding carboxylic acids is 3. The quantitative estimate of drug-likeness (QED) is 0.0261. The van der Waals surface area contributed by atoms with Crippen molar-refractivity contribution in [3.05, 3.63) is 85.1 Å². The van der Waals surface area contributed by atoms with Crippen LogP contribution in [0.2, 0.25) is 0 Å². The molecule has 456 valence electrons. The summed E-state index contributed by atoms with van der Waals surface area (Å²) in [5.74, 6) is -0.877. The van der Waals surface area contributed by atoms with Crippen LogP contribution in [0.15, 0.2) is 85.1 Å². The lowest BCUT2D eigenvalue weighted by Crippen LogP contribution is -2.30. The summed E-state index contributed by atoms with van der Waals surface area (Å²) in [6.07, 6.45) is 89.5. The standard InChI is InChI=1S/C73H128O6/c1-4-7-10-13-15-17-19-21-23-25-27-29-30-31-32-33-34-35-36-37-38-39-40-41-42-44-45-47-49-51-53-55-57-60-63-66-72(75)78-69-70(68-77-71(74)65-62-59-12-9-6-3)79-73(76)67-64-61-58-56-54-52-50-48-46-43-28-26-24-22-20-18-16-14-11-8-5-2/h7,10,15,17,20-23,26-29,31-32,70H,4-6,8-9,11-14,16,18-19,24-25,30,33-69H2,1-3H3/b10-7-,17-15-,22-20-,23-21-,28-26-,29-27-,32-31-. The van der Waals surface area contributed by atoms with Crippen molar-refractivity contribution in [3.63, 3.8) is 0 Å². The van der Waals surface area contributed by atoms with E-state index in [2.05, 4.69) is 106 Å². The fraction of sp³-hybridized carbons (Fsp3) is 0.767. The van der Waals surface area contributed by atoms with Crippen LogP contribution in [-0.2, 0) is 28.6 Å². The van der Waals surface area contributed by atoms with Gasteiger partial charge >= 0.3 is 17.9 Å². The minimum absolute atomic E-state index is 0.0738. The molecule has 0 saturated carbocycles. The summed E-state index contributed by atoms with van der Waals surface area (Å²) in [4.78, 5) is 38.0. The van der Waals surface area contributed by atoms with Gasteiger partial charge in [0, 0.05) is 19.3 Å². The van der Waals surface area contributed by atoms with Crippen LogP contribution in [0.3, 0.4) is 0 Å². The molecule has 0 spiro atoms. The Morgan fingerprint density at radius 2 is 0.494 bits per heavy atom. The predicted octanol–water partition coefficient (Wildman–Crippen LogP) is 23.4. The van der Waals surface area contributed by atoms with Gasteiger partial charge in [-0.1, -0.05) is 311 Å². The number of unbranched alkanes of at least 4 members (excludes halogenated alkanes) is 37. The Kier molecular flexibility index (Phi) is 64.2. The number of hydrogen-bond acceptors (Lipinski definition) is 6. The second-order valence-electron chi connectivity index (χ2n) is 22.7. The van der Waals surface area contributed by atoms with Gasteiger partial charge in [0.1, 0.15) is 13.2 Å². The zero-order valence-electron chi connectivity index (χ0n) is 52.4. The second-order valence-corrected chi connectivity index (χ2v) is 22.7. The molecule has 0 saturated heterocycles. The van der Waals surface area contributed by atoms with Crippen LogP contribution in [-0.4, -0.2) is 37.2 Å². The van der Waals surface area contributed by atoms with Gasteiger partial charge < -0.3 is 14.2 Å². The zero-order chi connectivity index (χ0) is 57.1. The van der Waals surface area contributed by atoms with Gasteiger partial charge in [0.05, 0.1) is 0 Å². The average molecular weight is 1100 g/mol. The van der Waals surface area contributed by atoms with E-state index in [1.165, 1.54) is 199 Å². The molecule has 0 bridgehead atoms. The van der Waals surface area contributed by atoms with Crippen LogP contribution < -0.4 is 0 Å². The fourth-order valence-electron chi connectivity index (χ4n) is 9.80. The molecule has 0 heterocycles. The van der Waals surface area contributed by atoms with Crippen molar-refractivity contribution in [3.8, 4) is 0 Å². The van der Waals surface area contributed by atoms with Gasteiger partial charge in [-0.25, -0.2) is 0 Å². The Morgan fingerprint density at radius 3 is 0.772 bits per heavy atom. The summed E-state index contributed by atoms with van der Waals surface area (Å²) in [6, 6.07) is 0. The number of ether oxygens (including phenoxy) is 3. The maximum Gasteiger partial charge on any atom is 0.306 e. The summed E-state index contributed by atoms with van der Waals surface area (Å²) in [7, 11) is 0. The molecular weight excluding hydrogens is 973 g/mol. The third kappa shape index (κ3) is 65.3. The monoisotopic (exact) mass is 1100 g/mol. The first-order valence-electron chi connectivity index (χ1n) is 34.1. The van der Waals surface area contributed by atoms with E-state index in [0.717, 1.165) is 103 Å². The lowest BCUT2D eigenvalue weighted by molar-refractivity contribution is -0.167. The summed E-state index contributed by atoms with van der Waals surface area (Å²) < 4.78 is 16.8. The van der Waals surface area contributed by atoms with Gasteiger partial charge in [-0.2, -0.15) is 0 Å². The highest BCUT2D eigenvalue weighted by Gasteiger charge is 2.19. The minimum atomic E-state index is -0.773. The van der Waals surface area contributed by atoms with Crippen molar-refractivity contribution in [2.24, 2.45) is 0 Å². The molecule has 0 aliphatic rings. The summed E-state index contributed by atoms with van der Waals surface area (Å²) in [6.45, 7) is 6.47. The van der Waals surface area contributed by atoms with Crippen molar-refractivity contribution in [2.75, 3.05) is 13.2 Å². The summed E-state index contributed by atoms with van der Waals surface area (Å²) in [5.41, 5.74) is 0. The van der Waals surface area contributed by atoms with Gasteiger partial charge in [0.25, 0.3) is 0 Å². The topological polar surface area (TPSA) is 78.9 Å². The SMILES string of the molecule is CC/C=C\C/C=C\C/C=C\C/C=C\C/C=C\CCCCCCCCCCCCCCCCCCCCCC(=O)OCC(COC(=O)CCCCCCC)OC(=O)CCCCCCCCCCC/C=C\C/C=C\CCCCCCC. The number of allylic oxidation sites excluding steroid dienone is 14. The molecule has 0 rings (SSSR count). The van der Waals surface area contributed by atoms with E-state index >= 15 is 0 Å². The Hall–Kier alpha value is -3.41. The van der Waals surface area contributed by atoms with E-state index in [9.17, 15) is 14.4 Å². The van der Waals surface area contributed by atoms with Crippen LogP contribution >= 0.6 is 0 Å². The minimum Gasteiger partial charge on any atom is -0.462 e. The molecule has 1 atom stereocenters. The average Bonchev–Trinajstić information content (AvgIpc) is 3.45. The van der Waals surface area contributed by atoms with Crippen molar-refractivity contribution < 1.29 is 28.6 Å². The van der Waals surface area contributed by atoms with Gasteiger partial charge in [0.15, 0.2) is 6.10 Å². The number of carbonyl (C=O) groups is 3. The Balaban J connectivity index is 3.93. The van der Waals surface area contributed by atoms with Crippen molar-refractivity contribution in [1.29, 1.82) is 0 Å². The molecule has 0 N–H and O–H groups in total. The van der Waals surface area contributed by atoms with E-state index < -0.39 is 6.10 Å². The molecule has 0 radical (unpaired) electrons. The maximum atomic E-state index is 12.8. The number of esters is 3. The molecule has 79 heavy (non-hydrogen) atoms. The lowest BCUT2D eigenvalue weighted by Gasteiger charge is -2.18. The predicted molar refractivity (Wildman–Crippen MR) is 344 cm³/mol. The van der Waals surface area contributed by atoms with Crippen LogP contribution in [0, 0.1) is 0 Å². The highest BCUT2D eigenvalue weighted by atomic mass is 16.6. The largest absolute Gasteiger partial charge is 0.462 e. The van der Waals surface area contributed by atoms with Gasteiger partial charge in [0.2, 0.25) is 0 Å². The first-order valence-corrected chi connectivity index (χ1v) is 34.1. The highest BCUT2D eigenvalue weighted by Crippen LogP contribution is 2.17. The lowest BCUT2D eigenvalue weighted by atomic mass is 10.0. The molecule has 0 aromatic carbocycles. The summed E-state index contributed by atoms with van der Waals surface area (Å²) in [5, 5.41) is 0. The van der Waals surface area contributed by atoms with Crippen LogP contribution in [0.5, 0.6) is 0 Å². The van der Waals surface area contributed by atoms with Crippen molar-refractivity contribution in [1.82, 2.24) is 0 Å². The Bertz CT molecular complexity index is 1500. The van der Waals surface area contributed by atoms with Crippen LogP contribution in [0.4, 0.5) is 0 Å². The van der Waals surface area contributed by atoms with E-state index in [0.29, 0.717) is 19.3 Å². The second kappa shape index (κ2) is 67.1. The number of rotatable bonds is 62. The highest BCUT2D eigenvalue weighted by molar-refractivity contribution is 5.71. The Morgan fingerprint density at radius 1 is 0.266 bits per heavy atom. The van der Waals surface area contributed by atoms with Crippen molar-refractivity contribution >= 4 is 17.9 Å². The molecule has 6 heteroatoms. The molecule has 0 fully saturated rings. The third-order valence-electron chi connectivity index (χ3n) is 14.9. The zero-order valence-corrected chi connectivity index (χ0v) is 52.4. The molecule has 0 aromatic heterocycles. The molecule has 0 aliphatic heterocycles. The molecular formula is C73H128O6. The van der Waals surface area contributed by atoms with Gasteiger partial charge in [-0.05, 0) is 96.3 Å². The molecule has 0 aliphatic carbocycles. The van der Waals surface area contributed by atoms with Gasteiger partial charge in [-0.3, -0.25) is 14.4 Å². The fourth-order valence-corrected chi connectivity index (χ4v) is 9.80. The van der Waals surface area contributed by atoms with E-state index in [4.69, 9.17) is 14.2 Å². The van der Waals surface area contributed by atoms with Gasteiger partial charge in [-0.15, -0.1) is 0 Å².